The van der Waals surface area contributed by atoms with Gasteiger partial charge in [-0.2, -0.15) is 13.2 Å². The average Bonchev–Trinajstić information content (AvgIpc) is 3.15. The third-order valence-corrected chi connectivity index (χ3v) is 4.74. The van der Waals surface area contributed by atoms with Crippen LogP contribution in [-0.2, 0) is 17.8 Å². The van der Waals surface area contributed by atoms with Crippen LogP contribution in [0.4, 0.5) is 18.9 Å². The van der Waals surface area contributed by atoms with E-state index in [2.05, 4.69) is 5.32 Å². The molecule has 8 heteroatoms. The summed E-state index contributed by atoms with van der Waals surface area (Å²) in [5.41, 5.74) is 1.72. The van der Waals surface area contributed by atoms with Gasteiger partial charge < -0.3 is 20.1 Å². The molecule has 2 N–H and O–H groups in total. The van der Waals surface area contributed by atoms with Crippen molar-refractivity contribution in [3.63, 3.8) is 0 Å². The minimum absolute atomic E-state index is 0.0382. The Bertz CT molecular complexity index is 807. The van der Waals surface area contributed by atoms with Crippen LogP contribution in [0.15, 0.2) is 48.5 Å². The first-order valence-corrected chi connectivity index (χ1v) is 9.35. The van der Waals surface area contributed by atoms with Gasteiger partial charge in [0.15, 0.2) is 6.61 Å². The molecule has 1 atom stereocenters. The van der Waals surface area contributed by atoms with Gasteiger partial charge in [0.05, 0.1) is 13.0 Å². The van der Waals surface area contributed by atoms with Gasteiger partial charge in [-0.1, -0.05) is 24.3 Å². The molecule has 1 amide bonds. The van der Waals surface area contributed by atoms with Gasteiger partial charge in [-0.05, 0) is 41.8 Å². The summed E-state index contributed by atoms with van der Waals surface area (Å²) in [6, 6.07) is 13.1. The summed E-state index contributed by atoms with van der Waals surface area (Å²) in [4.78, 5) is 14.0. The molecule has 0 bridgehead atoms. The molecular weight excluding hydrogens is 385 g/mol. The lowest BCUT2D eigenvalue weighted by molar-refractivity contribution is -0.132. The van der Waals surface area contributed by atoms with E-state index in [4.69, 9.17) is 9.84 Å². The Morgan fingerprint density at radius 2 is 1.76 bits per heavy atom. The molecule has 1 aliphatic heterocycles. The molecule has 1 unspecified atom stereocenters. The Balaban J connectivity index is 1.44. The standard InChI is InChI=1S/C21H23F3N2O3/c22-21(23,24)11-15-1-5-17(6-2-15)25-18-9-10-26(12-18)20(28)14-29-19-7-3-16(13-27)4-8-19/h1-8,18,25,27H,9-14H2. The van der Waals surface area contributed by atoms with Gasteiger partial charge in [-0.25, -0.2) is 0 Å². The maximum absolute atomic E-state index is 12.4. The minimum atomic E-state index is -4.22. The molecule has 0 radical (unpaired) electrons. The van der Waals surface area contributed by atoms with Crippen LogP contribution in [0.25, 0.3) is 0 Å². The van der Waals surface area contributed by atoms with Crippen LogP contribution in [0.2, 0.25) is 0 Å². The Morgan fingerprint density at radius 3 is 2.38 bits per heavy atom. The fraction of sp³-hybridized carbons (Fsp3) is 0.381. The second-order valence-electron chi connectivity index (χ2n) is 7.05. The van der Waals surface area contributed by atoms with Crippen molar-refractivity contribution >= 4 is 11.6 Å². The molecule has 1 aliphatic rings. The van der Waals surface area contributed by atoms with Crippen LogP contribution in [0.1, 0.15) is 17.5 Å². The van der Waals surface area contributed by atoms with E-state index >= 15 is 0 Å². The fourth-order valence-electron chi connectivity index (χ4n) is 3.22. The number of likely N-dealkylation sites (tertiary alicyclic amines) is 1. The van der Waals surface area contributed by atoms with Crippen LogP contribution in [0.3, 0.4) is 0 Å². The van der Waals surface area contributed by atoms with Crippen molar-refractivity contribution in [2.24, 2.45) is 0 Å². The lowest BCUT2D eigenvalue weighted by Crippen LogP contribution is -2.35. The van der Waals surface area contributed by atoms with Crippen LogP contribution < -0.4 is 10.1 Å². The molecule has 0 aromatic heterocycles. The van der Waals surface area contributed by atoms with Gasteiger partial charge in [-0.3, -0.25) is 4.79 Å². The number of carbonyl (C=O) groups is 1. The molecular formula is C21H23F3N2O3. The smallest absolute Gasteiger partial charge is 0.393 e. The zero-order chi connectivity index (χ0) is 20.9. The number of amides is 1. The van der Waals surface area contributed by atoms with Gasteiger partial charge in [0.2, 0.25) is 0 Å². The predicted octanol–water partition coefficient (Wildman–Crippen LogP) is 3.38. The molecule has 1 heterocycles. The number of nitrogens with one attached hydrogen (secondary N) is 1. The number of rotatable bonds is 7. The van der Waals surface area contributed by atoms with Crippen LogP contribution in [0.5, 0.6) is 5.75 Å². The SMILES string of the molecule is O=C(COc1ccc(CO)cc1)N1CCC(Nc2ccc(CC(F)(F)F)cc2)C1. The van der Waals surface area contributed by atoms with E-state index in [-0.39, 0.29) is 30.7 Å². The number of aliphatic hydroxyl groups is 1. The molecule has 3 rings (SSSR count). The highest BCUT2D eigenvalue weighted by Crippen LogP contribution is 2.23. The summed E-state index contributed by atoms with van der Waals surface area (Å²) < 4.78 is 42.8. The van der Waals surface area contributed by atoms with Gasteiger partial charge in [-0.15, -0.1) is 0 Å². The number of aliphatic hydroxyl groups excluding tert-OH is 1. The Morgan fingerprint density at radius 1 is 1.10 bits per heavy atom. The number of alkyl halides is 3. The van der Waals surface area contributed by atoms with Crippen LogP contribution in [0, 0.1) is 0 Å². The summed E-state index contributed by atoms with van der Waals surface area (Å²) in [6.07, 6.45) is -4.41. The Kier molecular flexibility index (Phi) is 6.64. The van der Waals surface area contributed by atoms with E-state index in [1.807, 2.05) is 0 Å². The summed E-state index contributed by atoms with van der Waals surface area (Å²) in [7, 11) is 0. The van der Waals surface area contributed by atoms with E-state index in [1.165, 1.54) is 12.1 Å². The van der Waals surface area contributed by atoms with Crippen molar-refractivity contribution in [3.05, 3.63) is 59.7 Å². The van der Waals surface area contributed by atoms with Gasteiger partial charge in [0, 0.05) is 24.8 Å². The van der Waals surface area contributed by atoms with E-state index in [1.54, 1.807) is 41.3 Å². The molecule has 156 valence electrons. The molecule has 2 aromatic carbocycles. The van der Waals surface area contributed by atoms with Crippen LogP contribution >= 0.6 is 0 Å². The van der Waals surface area contributed by atoms with Crippen LogP contribution in [-0.4, -0.2) is 47.8 Å². The number of benzene rings is 2. The highest BCUT2D eigenvalue weighted by Gasteiger charge is 2.28. The highest BCUT2D eigenvalue weighted by atomic mass is 19.4. The largest absolute Gasteiger partial charge is 0.484 e. The number of nitrogens with zero attached hydrogens (tertiary/aromatic N) is 1. The molecule has 29 heavy (non-hydrogen) atoms. The normalized spacial score (nSPS) is 16.7. The number of halogens is 3. The minimum Gasteiger partial charge on any atom is -0.484 e. The van der Waals surface area contributed by atoms with Crippen molar-refractivity contribution in [2.75, 3.05) is 25.0 Å². The zero-order valence-corrected chi connectivity index (χ0v) is 15.8. The second kappa shape index (κ2) is 9.17. The lowest BCUT2D eigenvalue weighted by atomic mass is 10.1. The highest BCUT2D eigenvalue weighted by molar-refractivity contribution is 5.78. The predicted molar refractivity (Wildman–Crippen MR) is 103 cm³/mol. The summed E-state index contributed by atoms with van der Waals surface area (Å²) >= 11 is 0. The lowest BCUT2D eigenvalue weighted by Gasteiger charge is -2.18. The van der Waals surface area contributed by atoms with Gasteiger partial charge in [0.25, 0.3) is 5.91 Å². The molecule has 2 aromatic rings. The number of ether oxygens (including phenoxy) is 1. The monoisotopic (exact) mass is 408 g/mol. The van der Waals surface area contributed by atoms with E-state index in [0.29, 0.717) is 18.8 Å². The quantitative estimate of drug-likeness (QED) is 0.738. The number of anilines is 1. The molecule has 0 spiro atoms. The first-order valence-electron chi connectivity index (χ1n) is 9.35. The maximum atomic E-state index is 12.4. The third kappa shape index (κ3) is 6.39. The van der Waals surface area contributed by atoms with Crippen molar-refractivity contribution < 1.29 is 27.8 Å². The molecule has 0 saturated carbocycles. The number of hydrogen-bond acceptors (Lipinski definition) is 4. The third-order valence-electron chi connectivity index (χ3n) is 4.74. The summed E-state index contributed by atoms with van der Waals surface area (Å²) in [5.74, 6) is 0.435. The molecule has 5 nitrogen and oxygen atoms in total. The van der Waals surface area contributed by atoms with Crippen molar-refractivity contribution in [3.8, 4) is 5.75 Å². The Labute approximate surface area is 167 Å². The van der Waals surface area contributed by atoms with Crippen molar-refractivity contribution in [1.82, 2.24) is 4.90 Å². The topological polar surface area (TPSA) is 61.8 Å². The molecule has 0 aliphatic carbocycles. The zero-order valence-electron chi connectivity index (χ0n) is 15.8. The molecule has 1 saturated heterocycles. The first-order chi connectivity index (χ1) is 13.8. The second-order valence-corrected chi connectivity index (χ2v) is 7.05. The summed E-state index contributed by atoms with van der Waals surface area (Å²) in [5, 5.41) is 12.3. The van der Waals surface area contributed by atoms with E-state index in [9.17, 15) is 18.0 Å². The number of hydrogen-bond donors (Lipinski definition) is 2. The average molecular weight is 408 g/mol. The van der Waals surface area contributed by atoms with Crippen molar-refractivity contribution in [1.29, 1.82) is 0 Å². The van der Waals surface area contributed by atoms with E-state index < -0.39 is 12.6 Å². The number of carbonyl (C=O) groups excluding carboxylic acids is 1. The van der Waals surface area contributed by atoms with Crippen molar-refractivity contribution in [2.45, 2.75) is 31.7 Å². The first kappa shape index (κ1) is 21.0. The van der Waals surface area contributed by atoms with Gasteiger partial charge >= 0.3 is 6.18 Å². The van der Waals surface area contributed by atoms with E-state index in [0.717, 1.165) is 17.7 Å². The fourth-order valence-corrected chi connectivity index (χ4v) is 3.22. The summed E-state index contributed by atoms with van der Waals surface area (Å²) in [6.45, 7) is 0.981. The Hall–Kier alpha value is -2.74. The van der Waals surface area contributed by atoms with Gasteiger partial charge in [0.1, 0.15) is 5.75 Å². The maximum Gasteiger partial charge on any atom is 0.393 e. The molecule has 1 fully saturated rings.